The van der Waals surface area contributed by atoms with Crippen LogP contribution in [-0.4, -0.2) is 48.9 Å². The Morgan fingerprint density at radius 1 is 1.19 bits per heavy atom. The van der Waals surface area contributed by atoms with Crippen molar-refractivity contribution in [1.82, 2.24) is 15.5 Å². The Bertz CT molecular complexity index is 620. The molecule has 1 aliphatic heterocycles. The molecular formula is C20H28FN3OS. The van der Waals surface area contributed by atoms with Crippen molar-refractivity contribution in [2.45, 2.75) is 37.8 Å². The summed E-state index contributed by atoms with van der Waals surface area (Å²) in [6.07, 6.45) is 5.37. The monoisotopic (exact) mass is 377 g/mol. The first-order chi connectivity index (χ1) is 12.7. The lowest BCUT2D eigenvalue weighted by atomic mass is 9.95. The Morgan fingerprint density at radius 2 is 1.96 bits per heavy atom. The second-order valence-electron chi connectivity index (χ2n) is 7.85. The highest BCUT2D eigenvalue weighted by Crippen LogP contribution is 2.44. The van der Waals surface area contributed by atoms with E-state index in [0.29, 0.717) is 6.04 Å². The lowest BCUT2D eigenvalue weighted by Gasteiger charge is -2.35. The third-order valence-corrected chi connectivity index (χ3v) is 6.51. The van der Waals surface area contributed by atoms with E-state index < -0.39 is 0 Å². The predicted molar refractivity (Wildman–Crippen MR) is 105 cm³/mol. The molecule has 6 heteroatoms. The molecule has 2 saturated carbocycles. The maximum atomic E-state index is 13.3. The topological polar surface area (TPSA) is 36.5 Å². The number of benzene rings is 1. The van der Waals surface area contributed by atoms with Gasteiger partial charge in [0, 0.05) is 25.7 Å². The summed E-state index contributed by atoms with van der Waals surface area (Å²) in [6, 6.07) is 7.54. The normalized spacial score (nSPS) is 29.5. The van der Waals surface area contributed by atoms with E-state index in [2.05, 4.69) is 15.5 Å². The zero-order chi connectivity index (χ0) is 17.9. The third-order valence-electron chi connectivity index (χ3n) is 6.25. The first-order valence-corrected chi connectivity index (χ1v) is 10.2. The maximum absolute atomic E-state index is 13.3. The van der Waals surface area contributed by atoms with Crippen LogP contribution in [0.4, 0.5) is 4.39 Å². The highest BCUT2D eigenvalue weighted by molar-refractivity contribution is 7.80. The highest BCUT2D eigenvalue weighted by atomic mass is 32.1. The van der Waals surface area contributed by atoms with E-state index in [4.69, 9.17) is 17.0 Å². The minimum atomic E-state index is -0.198. The molecule has 4 unspecified atom stereocenters. The van der Waals surface area contributed by atoms with Gasteiger partial charge in [0.15, 0.2) is 5.11 Å². The van der Waals surface area contributed by atoms with Crippen LogP contribution in [0.5, 0.6) is 0 Å². The summed E-state index contributed by atoms with van der Waals surface area (Å²) < 4.78 is 18.8. The molecule has 2 N–H and O–H groups in total. The minimum absolute atomic E-state index is 0.166. The highest BCUT2D eigenvalue weighted by Gasteiger charge is 2.39. The van der Waals surface area contributed by atoms with Crippen LogP contribution in [0.3, 0.4) is 0 Å². The Labute approximate surface area is 160 Å². The van der Waals surface area contributed by atoms with Crippen molar-refractivity contribution in [2.24, 2.45) is 11.8 Å². The summed E-state index contributed by atoms with van der Waals surface area (Å²) in [5.41, 5.74) is 1.11. The van der Waals surface area contributed by atoms with Crippen LogP contribution < -0.4 is 10.6 Å². The molecule has 3 fully saturated rings. The largest absolute Gasteiger partial charge is 0.379 e. The molecule has 2 bridgehead atoms. The average molecular weight is 378 g/mol. The molecule has 4 nitrogen and oxygen atoms in total. The number of hydrogen-bond acceptors (Lipinski definition) is 3. The molecule has 1 heterocycles. The smallest absolute Gasteiger partial charge is 0.166 e. The van der Waals surface area contributed by atoms with E-state index >= 15 is 0 Å². The lowest BCUT2D eigenvalue weighted by molar-refractivity contribution is 0.0170. The van der Waals surface area contributed by atoms with Crippen molar-refractivity contribution in [3.8, 4) is 0 Å². The van der Waals surface area contributed by atoms with E-state index in [0.717, 1.165) is 55.4 Å². The van der Waals surface area contributed by atoms with Gasteiger partial charge in [0.05, 0.1) is 19.3 Å². The fourth-order valence-corrected chi connectivity index (χ4v) is 5.10. The molecule has 1 aromatic carbocycles. The van der Waals surface area contributed by atoms with Gasteiger partial charge in [0.1, 0.15) is 5.82 Å². The van der Waals surface area contributed by atoms with Gasteiger partial charge in [0.25, 0.3) is 0 Å². The van der Waals surface area contributed by atoms with Crippen LogP contribution in [-0.2, 0) is 4.74 Å². The second-order valence-corrected chi connectivity index (χ2v) is 8.26. The molecule has 0 amide bonds. The van der Waals surface area contributed by atoms with Crippen LogP contribution in [0, 0.1) is 17.7 Å². The molecule has 1 saturated heterocycles. The summed E-state index contributed by atoms with van der Waals surface area (Å²) in [5.74, 6) is 1.50. The van der Waals surface area contributed by atoms with Crippen molar-refractivity contribution in [2.75, 3.05) is 32.8 Å². The Kier molecular flexibility index (Phi) is 5.72. The van der Waals surface area contributed by atoms with Crippen LogP contribution in [0.15, 0.2) is 24.3 Å². The van der Waals surface area contributed by atoms with Crippen LogP contribution >= 0.6 is 12.2 Å². The van der Waals surface area contributed by atoms with Crippen molar-refractivity contribution >= 4 is 17.3 Å². The van der Waals surface area contributed by atoms with E-state index in [-0.39, 0.29) is 11.9 Å². The van der Waals surface area contributed by atoms with E-state index in [1.54, 1.807) is 0 Å². The minimum Gasteiger partial charge on any atom is -0.379 e. The second kappa shape index (κ2) is 8.19. The van der Waals surface area contributed by atoms with Gasteiger partial charge in [-0.3, -0.25) is 4.90 Å². The fourth-order valence-electron chi connectivity index (χ4n) is 4.86. The van der Waals surface area contributed by atoms with Crippen molar-refractivity contribution in [3.63, 3.8) is 0 Å². The summed E-state index contributed by atoms with van der Waals surface area (Å²) in [6.45, 7) is 3.97. The number of morpholine rings is 1. The van der Waals surface area contributed by atoms with Gasteiger partial charge in [0.2, 0.25) is 0 Å². The zero-order valence-corrected chi connectivity index (χ0v) is 15.9. The van der Waals surface area contributed by atoms with E-state index in [1.807, 2.05) is 12.1 Å². The Morgan fingerprint density at radius 3 is 2.62 bits per heavy atom. The fraction of sp³-hybridized carbons (Fsp3) is 0.650. The van der Waals surface area contributed by atoms with Gasteiger partial charge < -0.3 is 15.4 Å². The molecule has 26 heavy (non-hydrogen) atoms. The van der Waals surface area contributed by atoms with Crippen molar-refractivity contribution in [3.05, 3.63) is 35.6 Å². The van der Waals surface area contributed by atoms with Crippen molar-refractivity contribution < 1.29 is 9.13 Å². The van der Waals surface area contributed by atoms with Gasteiger partial charge >= 0.3 is 0 Å². The van der Waals surface area contributed by atoms with Crippen LogP contribution in [0.1, 0.15) is 37.3 Å². The maximum Gasteiger partial charge on any atom is 0.166 e. The molecule has 0 aromatic heterocycles. The molecule has 3 aliphatic rings. The summed E-state index contributed by atoms with van der Waals surface area (Å²) in [5, 5.41) is 7.72. The number of rotatable bonds is 5. The summed E-state index contributed by atoms with van der Waals surface area (Å²) in [7, 11) is 0. The number of halogens is 1. The van der Waals surface area contributed by atoms with Gasteiger partial charge in [-0.15, -0.1) is 0 Å². The molecule has 4 rings (SSSR count). The molecule has 0 radical (unpaired) electrons. The van der Waals surface area contributed by atoms with Crippen LogP contribution in [0.25, 0.3) is 0 Å². The lowest BCUT2D eigenvalue weighted by Crippen LogP contribution is -2.48. The molecule has 142 valence electrons. The van der Waals surface area contributed by atoms with E-state index in [9.17, 15) is 4.39 Å². The average Bonchev–Trinajstić information content (AvgIpc) is 3.27. The zero-order valence-electron chi connectivity index (χ0n) is 15.1. The van der Waals surface area contributed by atoms with Gasteiger partial charge in [-0.1, -0.05) is 18.6 Å². The number of ether oxygens (including phenoxy) is 1. The summed E-state index contributed by atoms with van der Waals surface area (Å²) >= 11 is 5.57. The van der Waals surface area contributed by atoms with Gasteiger partial charge in [-0.2, -0.15) is 0 Å². The third kappa shape index (κ3) is 4.18. The number of hydrogen-bond donors (Lipinski definition) is 2. The predicted octanol–water partition coefficient (Wildman–Crippen LogP) is 2.85. The summed E-state index contributed by atoms with van der Waals surface area (Å²) in [4.78, 5) is 2.39. The quantitative estimate of drug-likeness (QED) is 0.772. The molecule has 4 atom stereocenters. The number of nitrogens with one attached hydrogen (secondary N) is 2. The number of fused-ring (bicyclic) bond motifs is 2. The number of thiocarbonyl (C=S) groups is 1. The number of nitrogens with zero attached hydrogens (tertiary/aromatic N) is 1. The van der Waals surface area contributed by atoms with E-state index in [1.165, 1.54) is 37.8 Å². The SMILES string of the molecule is Fc1ccc(C(CNC(=S)NC2CC3CCC2C3)N2CCOCC2)cc1. The molecule has 2 aliphatic carbocycles. The van der Waals surface area contributed by atoms with Gasteiger partial charge in [-0.05, 0) is 61.0 Å². The Balaban J connectivity index is 1.36. The van der Waals surface area contributed by atoms with Crippen LogP contribution in [0.2, 0.25) is 0 Å². The first kappa shape index (κ1) is 18.1. The van der Waals surface area contributed by atoms with Gasteiger partial charge in [-0.25, -0.2) is 4.39 Å². The standard InChI is InChI=1S/C20H28FN3OS/c21-17-5-3-15(4-6-17)19(24-7-9-25-10-8-24)13-22-20(26)23-18-12-14-1-2-16(18)11-14/h3-6,14,16,18-19H,1-2,7-13H2,(H2,22,23,26). The van der Waals surface area contributed by atoms with Crippen molar-refractivity contribution in [1.29, 1.82) is 0 Å². The molecule has 0 spiro atoms. The molecule has 1 aromatic rings. The first-order valence-electron chi connectivity index (χ1n) is 9.80. The Hall–Kier alpha value is -1.24. The molecular weight excluding hydrogens is 349 g/mol.